The molecule has 0 saturated heterocycles. The van der Waals surface area contributed by atoms with Crippen molar-refractivity contribution in [3.05, 3.63) is 42.6 Å². The third kappa shape index (κ3) is 1.37. The largest absolute Gasteiger partial charge is 0.268 e. The van der Waals surface area contributed by atoms with E-state index in [0.717, 1.165) is 21.8 Å². The second kappa shape index (κ2) is 3.62. The van der Waals surface area contributed by atoms with Gasteiger partial charge in [-0.05, 0) is 12.1 Å². The minimum Gasteiger partial charge on any atom is -0.268 e. The van der Waals surface area contributed by atoms with Gasteiger partial charge in [0.1, 0.15) is 5.44 Å². The molecule has 0 bridgehead atoms. The number of nitrogens with zero attached hydrogens (tertiary/aromatic N) is 2. The molecule has 3 aromatic rings. The highest BCUT2D eigenvalue weighted by Gasteiger charge is 2.03. The molecule has 0 atom stereocenters. The van der Waals surface area contributed by atoms with Crippen LogP contribution in [0.15, 0.2) is 42.6 Å². The maximum Gasteiger partial charge on any atom is 0.212 e. The zero-order valence-corrected chi connectivity index (χ0v) is 9.19. The molecule has 16 heavy (non-hydrogen) atoms. The molecule has 3 nitrogen and oxygen atoms in total. The summed E-state index contributed by atoms with van der Waals surface area (Å²) >= 11 is 0. The SMILES string of the molecule is O=Pc1ccc2ncc3ccccc3c2n1. The summed E-state index contributed by atoms with van der Waals surface area (Å²) < 4.78 is 10.8. The minimum absolute atomic E-state index is 0.0606. The number of aromatic nitrogens is 2. The van der Waals surface area contributed by atoms with Gasteiger partial charge >= 0.3 is 0 Å². The second-order valence-electron chi connectivity index (χ2n) is 3.47. The van der Waals surface area contributed by atoms with Gasteiger partial charge < -0.3 is 0 Å². The molecule has 1 aromatic carbocycles. The van der Waals surface area contributed by atoms with Gasteiger partial charge in [0.25, 0.3) is 0 Å². The van der Waals surface area contributed by atoms with Crippen LogP contribution in [0, 0.1) is 0 Å². The van der Waals surface area contributed by atoms with Gasteiger partial charge in [0.05, 0.1) is 11.0 Å². The summed E-state index contributed by atoms with van der Waals surface area (Å²) in [5, 5.41) is 2.08. The van der Waals surface area contributed by atoms with E-state index < -0.39 is 0 Å². The molecule has 0 saturated carbocycles. The van der Waals surface area contributed by atoms with E-state index in [1.807, 2.05) is 36.5 Å². The van der Waals surface area contributed by atoms with E-state index >= 15 is 0 Å². The van der Waals surface area contributed by atoms with E-state index in [-0.39, 0.29) is 8.46 Å². The van der Waals surface area contributed by atoms with E-state index in [1.165, 1.54) is 0 Å². The highest BCUT2D eigenvalue weighted by molar-refractivity contribution is 7.33. The van der Waals surface area contributed by atoms with E-state index in [4.69, 9.17) is 0 Å². The lowest BCUT2D eigenvalue weighted by molar-refractivity contribution is 0.602. The fraction of sp³-hybridized carbons (Fsp3) is 0. The van der Waals surface area contributed by atoms with Gasteiger partial charge in [0, 0.05) is 17.0 Å². The van der Waals surface area contributed by atoms with Gasteiger partial charge in [-0.15, -0.1) is 0 Å². The first-order chi connectivity index (χ1) is 7.88. The maximum atomic E-state index is 10.8. The molecule has 0 aliphatic heterocycles. The predicted octanol–water partition coefficient (Wildman–Crippen LogP) is 2.70. The van der Waals surface area contributed by atoms with Gasteiger partial charge in [-0.1, -0.05) is 24.3 Å². The number of fused-ring (bicyclic) bond motifs is 3. The topological polar surface area (TPSA) is 42.9 Å². The number of hydrogen-bond donors (Lipinski definition) is 0. The zero-order valence-electron chi connectivity index (χ0n) is 8.29. The number of hydrogen-bond acceptors (Lipinski definition) is 3. The monoisotopic (exact) mass is 226 g/mol. The molecule has 0 fully saturated rings. The summed E-state index contributed by atoms with van der Waals surface area (Å²) in [6.45, 7) is 0. The van der Waals surface area contributed by atoms with Gasteiger partial charge in [0.15, 0.2) is 0 Å². The minimum atomic E-state index is -0.0606. The molecular formula is C12H7N2OP. The molecule has 0 amide bonds. The van der Waals surface area contributed by atoms with Crippen LogP contribution in [0.4, 0.5) is 0 Å². The van der Waals surface area contributed by atoms with Crippen LogP contribution in [-0.4, -0.2) is 9.97 Å². The van der Waals surface area contributed by atoms with Crippen molar-refractivity contribution < 1.29 is 4.57 Å². The Morgan fingerprint density at radius 3 is 2.81 bits per heavy atom. The summed E-state index contributed by atoms with van der Waals surface area (Å²) in [7, 11) is -0.0606. The lowest BCUT2D eigenvalue weighted by Crippen LogP contribution is -1.98. The van der Waals surface area contributed by atoms with Crippen molar-refractivity contribution in [2.75, 3.05) is 0 Å². The third-order valence-corrected chi connectivity index (χ3v) is 2.95. The van der Waals surface area contributed by atoms with Gasteiger partial charge in [-0.25, -0.2) is 4.98 Å². The molecule has 4 heteroatoms. The number of rotatable bonds is 1. The van der Waals surface area contributed by atoms with Crippen LogP contribution in [0.2, 0.25) is 0 Å². The van der Waals surface area contributed by atoms with E-state index in [1.54, 1.807) is 6.07 Å². The first-order valence-corrected chi connectivity index (χ1v) is 5.67. The Balaban J connectivity index is 2.52. The summed E-state index contributed by atoms with van der Waals surface area (Å²) in [6, 6.07) is 11.5. The molecule has 76 valence electrons. The summed E-state index contributed by atoms with van der Waals surface area (Å²) in [4.78, 5) is 8.65. The van der Waals surface area contributed by atoms with Crippen LogP contribution in [-0.2, 0) is 4.57 Å². The van der Waals surface area contributed by atoms with Gasteiger partial charge in [0.2, 0.25) is 8.46 Å². The van der Waals surface area contributed by atoms with Crippen LogP contribution in [0.1, 0.15) is 0 Å². The van der Waals surface area contributed by atoms with Gasteiger partial charge in [-0.2, -0.15) is 0 Å². The zero-order chi connectivity index (χ0) is 11.0. The molecule has 0 spiro atoms. The average Bonchev–Trinajstić information content (AvgIpc) is 2.38. The molecule has 0 N–H and O–H groups in total. The first kappa shape index (κ1) is 9.37. The van der Waals surface area contributed by atoms with Crippen molar-refractivity contribution in [1.29, 1.82) is 0 Å². The maximum absolute atomic E-state index is 10.8. The summed E-state index contributed by atoms with van der Waals surface area (Å²) in [5.74, 6) is 0. The predicted molar refractivity (Wildman–Crippen MR) is 64.3 cm³/mol. The van der Waals surface area contributed by atoms with Crippen LogP contribution >= 0.6 is 8.46 Å². The fourth-order valence-corrected chi connectivity index (χ4v) is 2.04. The van der Waals surface area contributed by atoms with Crippen molar-refractivity contribution in [3.8, 4) is 0 Å². The molecule has 2 heterocycles. The van der Waals surface area contributed by atoms with E-state index in [9.17, 15) is 4.57 Å². The second-order valence-corrected chi connectivity index (χ2v) is 4.11. The highest BCUT2D eigenvalue weighted by Crippen LogP contribution is 2.20. The van der Waals surface area contributed by atoms with Crippen LogP contribution in [0.25, 0.3) is 21.8 Å². The Hall–Kier alpha value is -1.86. The quantitative estimate of drug-likeness (QED) is 0.473. The molecule has 0 radical (unpaired) electrons. The van der Waals surface area contributed by atoms with Crippen molar-refractivity contribution in [2.24, 2.45) is 0 Å². The van der Waals surface area contributed by atoms with Crippen LogP contribution < -0.4 is 5.44 Å². The van der Waals surface area contributed by atoms with Crippen molar-refractivity contribution >= 4 is 35.7 Å². The molecule has 3 rings (SSSR count). The first-order valence-electron chi connectivity index (χ1n) is 4.86. The average molecular weight is 226 g/mol. The highest BCUT2D eigenvalue weighted by atomic mass is 31.1. The van der Waals surface area contributed by atoms with Crippen LogP contribution in [0.3, 0.4) is 0 Å². The Bertz CT molecular complexity index is 697. The molecule has 2 aromatic heterocycles. The van der Waals surface area contributed by atoms with Crippen molar-refractivity contribution in [2.45, 2.75) is 0 Å². The molecular weight excluding hydrogens is 219 g/mol. The number of benzene rings is 1. The van der Waals surface area contributed by atoms with E-state index in [0.29, 0.717) is 5.44 Å². The third-order valence-electron chi connectivity index (χ3n) is 2.51. The van der Waals surface area contributed by atoms with Crippen molar-refractivity contribution in [3.63, 3.8) is 0 Å². The Kier molecular flexibility index (Phi) is 2.12. The Labute approximate surface area is 93.4 Å². The standard InChI is InChI=1S/C12H7N2OP/c15-16-11-6-5-10-12(14-11)9-4-2-1-3-8(9)7-13-10/h1-7H. The normalized spacial score (nSPS) is 11.2. The van der Waals surface area contributed by atoms with Crippen LogP contribution in [0.5, 0.6) is 0 Å². The smallest absolute Gasteiger partial charge is 0.212 e. The lowest BCUT2D eigenvalue weighted by Gasteiger charge is -2.01. The van der Waals surface area contributed by atoms with Crippen molar-refractivity contribution in [1.82, 2.24) is 9.97 Å². The molecule has 0 unspecified atom stereocenters. The summed E-state index contributed by atoms with van der Waals surface area (Å²) in [6.07, 6.45) is 1.83. The number of pyridine rings is 2. The molecule has 0 aliphatic rings. The van der Waals surface area contributed by atoms with Gasteiger partial charge in [-0.3, -0.25) is 9.55 Å². The van der Waals surface area contributed by atoms with E-state index in [2.05, 4.69) is 9.97 Å². The lowest BCUT2D eigenvalue weighted by atomic mass is 10.1. The fourth-order valence-electron chi connectivity index (χ4n) is 1.76. The summed E-state index contributed by atoms with van der Waals surface area (Å²) in [5.41, 5.74) is 2.16. The Morgan fingerprint density at radius 1 is 1.06 bits per heavy atom. The Morgan fingerprint density at radius 2 is 1.94 bits per heavy atom. The molecule has 0 aliphatic carbocycles.